The summed E-state index contributed by atoms with van der Waals surface area (Å²) in [7, 11) is 0. The van der Waals surface area contributed by atoms with Crippen molar-refractivity contribution in [3.63, 3.8) is 0 Å². The highest BCUT2D eigenvalue weighted by Gasteiger charge is 2.17. The minimum absolute atomic E-state index is 0.216. The number of amides is 1. The van der Waals surface area contributed by atoms with Gasteiger partial charge in [-0.05, 0) is 31.2 Å². The lowest BCUT2D eigenvalue weighted by atomic mass is 10.2. The molecule has 0 aliphatic carbocycles. The third-order valence-corrected chi connectivity index (χ3v) is 3.67. The molecule has 1 aliphatic heterocycles. The van der Waals surface area contributed by atoms with Gasteiger partial charge in [-0.15, -0.1) is 0 Å². The monoisotopic (exact) mass is 295 g/mol. The first-order valence-corrected chi connectivity index (χ1v) is 7.25. The highest BCUT2D eigenvalue weighted by atomic mass is 19.1. The van der Waals surface area contributed by atoms with Crippen LogP contribution >= 0.6 is 0 Å². The van der Waals surface area contributed by atoms with E-state index in [4.69, 9.17) is 5.11 Å². The fraction of sp³-hybridized carbons (Fsp3) is 0.533. The van der Waals surface area contributed by atoms with Crippen LogP contribution in [-0.4, -0.2) is 61.3 Å². The normalized spacial score (nSPS) is 17.6. The Labute approximate surface area is 124 Å². The van der Waals surface area contributed by atoms with Gasteiger partial charge in [0.15, 0.2) is 0 Å². The molecule has 21 heavy (non-hydrogen) atoms. The number of benzene rings is 1. The quantitative estimate of drug-likeness (QED) is 0.828. The number of carbonyl (C=O) groups excluding carboxylic acids is 1. The van der Waals surface area contributed by atoms with Crippen LogP contribution < -0.4 is 10.2 Å². The lowest BCUT2D eigenvalue weighted by Crippen LogP contribution is -2.49. The zero-order valence-corrected chi connectivity index (χ0v) is 12.3. The Morgan fingerprint density at radius 1 is 1.29 bits per heavy atom. The highest BCUT2D eigenvalue weighted by molar-refractivity contribution is 5.79. The molecule has 1 unspecified atom stereocenters. The Morgan fingerprint density at radius 2 is 1.90 bits per heavy atom. The summed E-state index contributed by atoms with van der Waals surface area (Å²) in [6.45, 7) is 6.35. The van der Waals surface area contributed by atoms with Gasteiger partial charge in [0.25, 0.3) is 0 Å². The van der Waals surface area contributed by atoms with Gasteiger partial charge >= 0.3 is 0 Å². The molecule has 1 aromatic carbocycles. The average Bonchev–Trinajstić information content (AvgIpc) is 2.48. The van der Waals surface area contributed by atoms with Crippen LogP contribution in [0, 0.1) is 5.82 Å². The number of nitrogens with zero attached hydrogens (tertiary/aromatic N) is 2. The zero-order chi connectivity index (χ0) is 15.2. The van der Waals surface area contributed by atoms with Gasteiger partial charge in [0.1, 0.15) is 11.9 Å². The van der Waals surface area contributed by atoms with E-state index in [-0.39, 0.29) is 11.7 Å². The Bertz CT molecular complexity index is 456. The molecule has 1 amide bonds. The predicted octanol–water partition coefficient (Wildman–Crippen LogP) is 0.445. The second-order valence-corrected chi connectivity index (χ2v) is 5.27. The molecular weight excluding hydrogens is 273 g/mol. The number of carbonyl (C=O) groups is 1. The third-order valence-electron chi connectivity index (χ3n) is 3.67. The lowest BCUT2D eigenvalue weighted by molar-refractivity contribution is -0.128. The Morgan fingerprint density at radius 3 is 2.48 bits per heavy atom. The second-order valence-electron chi connectivity index (χ2n) is 5.27. The van der Waals surface area contributed by atoms with E-state index in [1.54, 1.807) is 12.1 Å². The molecule has 2 rings (SSSR count). The van der Waals surface area contributed by atoms with Gasteiger partial charge in [0.2, 0.25) is 5.91 Å². The van der Waals surface area contributed by atoms with Gasteiger partial charge in [-0.25, -0.2) is 4.39 Å². The first-order valence-electron chi connectivity index (χ1n) is 7.25. The van der Waals surface area contributed by atoms with Crippen LogP contribution in [0.25, 0.3) is 0 Å². The van der Waals surface area contributed by atoms with Crippen LogP contribution in [0.4, 0.5) is 10.1 Å². The van der Waals surface area contributed by atoms with E-state index in [0.717, 1.165) is 38.4 Å². The summed E-state index contributed by atoms with van der Waals surface area (Å²) in [5.41, 5.74) is 1.04. The standard InChI is InChI=1S/C15H22FN3O2/c1-12(20)15(21)17-6-7-18-8-10-19(11-9-18)14-4-2-13(16)3-5-14/h2-5,12,20H,6-11H2,1H3,(H,17,21). The summed E-state index contributed by atoms with van der Waals surface area (Å²) in [5, 5.41) is 11.8. The molecule has 1 fully saturated rings. The Balaban J connectivity index is 1.71. The van der Waals surface area contributed by atoms with Crippen molar-refractivity contribution in [2.45, 2.75) is 13.0 Å². The molecule has 6 heteroatoms. The number of hydrogen-bond donors (Lipinski definition) is 2. The van der Waals surface area contributed by atoms with Crippen molar-refractivity contribution < 1.29 is 14.3 Å². The van der Waals surface area contributed by atoms with Crippen molar-refractivity contribution in [2.75, 3.05) is 44.2 Å². The maximum atomic E-state index is 12.9. The fourth-order valence-corrected chi connectivity index (χ4v) is 2.37. The van der Waals surface area contributed by atoms with E-state index in [9.17, 15) is 9.18 Å². The molecule has 1 atom stereocenters. The predicted molar refractivity (Wildman–Crippen MR) is 79.7 cm³/mol. The number of aliphatic hydroxyl groups excluding tert-OH is 1. The largest absolute Gasteiger partial charge is 0.384 e. The summed E-state index contributed by atoms with van der Waals surface area (Å²) >= 11 is 0. The maximum Gasteiger partial charge on any atom is 0.248 e. The number of piperazine rings is 1. The van der Waals surface area contributed by atoms with E-state index >= 15 is 0 Å². The summed E-state index contributed by atoms with van der Waals surface area (Å²) in [5.74, 6) is -0.550. The van der Waals surface area contributed by atoms with Crippen molar-refractivity contribution in [1.82, 2.24) is 10.2 Å². The van der Waals surface area contributed by atoms with Gasteiger partial charge in [-0.2, -0.15) is 0 Å². The van der Waals surface area contributed by atoms with Crippen LogP contribution in [0.1, 0.15) is 6.92 Å². The molecule has 0 radical (unpaired) electrons. The molecule has 0 spiro atoms. The van der Waals surface area contributed by atoms with Crippen molar-refractivity contribution >= 4 is 11.6 Å². The third kappa shape index (κ3) is 4.68. The summed E-state index contributed by atoms with van der Waals surface area (Å²) in [4.78, 5) is 15.7. The van der Waals surface area contributed by atoms with Crippen LogP contribution in [0.3, 0.4) is 0 Å². The minimum Gasteiger partial charge on any atom is -0.384 e. The molecule has 1 aliphatic rings. The van der Waals surface area contributed by atoms with E-state index in [1.165, 1.54) is 19.1 Å². The molecule has 1 saturated heterocycles. The van der Waals surface area contributed by atoms with E-state index in [2.05, 4.69) is 15.1 Å². The molecule has 5 nitrogen and oxygen atoms in total. The number of nitrogens with one attached hydrogen (secondary N) is 1. The van der Waals surface area contributed by atoms with Gasteiger partial charge in [-0.1, -0.05) is 0 Å². The molecule has 0 saturated carbocycles. The van der Waals surface area contributed by atoms with Gasteiger partial charge in [0.05, 0.1) is 0 Å². The zero-order valence-electron chi connectivity index (χ0n) is 12.3. The summed E-state index contributed by atoms with van der Waals surface area (Å²) in [6, 6.07) is 6.56. The van der Waals surface area contributed by atoms with Crippen molar-refractivity contribution in [3.8, 4) is 0 Å². The summed E-state index contributed by atoms with van der Waals surface area (Å²) < 4.78 is 12.9. The molecule has 1 heterocycles. The van der Waals surface area contributed by atoms with Crippen LogP contribution in [0.15, 0.2) is 24.3 Å². The highest BCUT2D eigenvalue weighted by Crippen LogP contribution is 2.16. The summed E-state index contributed by atoms with van der Waals surface area (Å²) in [6.07, 6.45) is -0.958. The second kappa shape index (κ2) is 7.38. The van der Waals surface area contributed by atoms with E-state index < -0.39 is 6.10 Å². The first-order chi connectivity index (χ1) is 10.1. The van der Waals surface area contributed by atoms with Crippen LogP contribution in [0.2, 0.25) is 0 Å². The van der Waals surface area contributed by atoms with Crippen molar-refractivity contribution in [2.24, 2.45) is 0 Å². The first kappa shape index (κ1) is 15.7. The number of halogens is 1. The van der Waals surface area contributed by atoms with Crippen LogP contribution in [-0.2, 0) is 4.79 Å². The van der Waals surface area contributed by atoms with Crippen molar-refractivity contribution in [3.05, 3.63) is 30.1 Å². The molecular formula is C15H22FN3O2. The van der Waals surface area contributed by atoms with E-state index in [1.807, 2.05) is 0 Å². The number of rotatable bonds is 5. The van der Waals surface area contributed by atoms with Crippen LogP contribution in [0.5, 0.6) is 0 Å². The Hall–Kier alpha value is -1.66. The molecule has 1 aromatic rings. The molecule has 116 valence electrons. The Kier molecular flexibility index (Phi) is 5.52. The number of anilines is 1. The average molecular weight is 295 g/mol. The van der Waals surface area contributed by atoms with Gasteiger partial charge in [0, 0.05) is 45.0 Å². The smallest absolute Gasteiger partial charge is 0.248 e. The lowest BCUT2D eigenvalue weighted by Gasteiger charge is -2.36. The SMILES string of the molecule is CC(O)C(=O)NCCN1CCN(c2ccc(F)cc2)CC1. The number of aliphatic hydroxyl groups is 1. The number of hydrogen-bond acceptors (Lipinski definition) is 4. The van der Waals surface area contributed by atoms with Gasteiger partial charge in [-0.3, -0.25) is 9.69 Å². The van der Waals surface area contributed by atoms with E-state index in [0.29, 0.717) is 6.54 Å². The van der Waals surface area contributed by atoms with Gasteiger partial charge < -0.3 is 15.3 Å². The maximum absolute atomic E-state index is 12.9. The molecule has 0 aromatic heterocycles. The topological polar surface area (TPSA) is 55.8 Å². The molecule has 2 N–H and O–H groups in total. The minimum atomic E-state index is -0.958. The fourth-order valence-electron chi connectivity index (χ4n) is 2.37. The van der Waals surface area contributed by atoms with Crippen molar-refractivity contribution in [1.29, 1.82) is 0 Å². The molecule has 0 bridgehead atoms.